The lowest BCUT2D eigenvalue weighted by atomic mass is 9.42. The molecule has 54 valence electrons. The zero-order valence-corrected chi connectivity index (χ0v) is 6.42. The van der Waals surface area contributed by atoms with Crippen LogP contribution in [0.3, 0.4) is 0 Å². The van der Waals surface area contributed by atoms with Gasteiger partial charge in [0.2, 0.25) is 0 Å². The molecule has 0 aromatic rings. The van der Waals surface area contributed by atoms with E-state index < -0.39 is 0 Å². The molecule has 0 aliphatic rings. The third kappa shape index (κ3) is 2.87. The molecule has 0 aromatic heterocycles. The van der Waals surface area contributed by atoms with Crippen molar-refractivity contribution in [3.63, 3.8) is 0 Å². The average Bonchev–Trinajstić information content (AvgIpc) is 1.90. The van der Waals surface area contributed by atoms with E-state index in [1.165, 1.54) is 0 Å². The Labute approximate surface area is 57.2 Å². The lowest BCUT2D eigenvalue weighted by Crippen LogP contribution is -2.28. The van der Waals surface area contributed by atoms with Crippen LogP contribution >= 0.6 is 0 Å². The third-order valence-corrected chi connectivity index (χ3v) is 1.88. The highest BCUT2D eigenvalue weighted by Gasteiger charge is 2.17. The molecule has 0 saturated heterocycles. The summed E-state index contributed by atoms with van der Waals surface area (Å²) in [6.07, 6.45) is 2.14. The molecule has 0 amide bonds. The summed E-state index contributed by atoms with van der Waals surface area (Å²) in [7, 11) is 0. The lowest BCUT2D eigenvalue weighted by molar-refractivity contribution is -0.254. The molecule has 9 heavy (non-hydrogen) atoms. The fourth-order valence-electron chi connectivity index (χ4n) is 1.04. The predicted molar refractivity (Wildman–Crippen MR) is 39.9 cm³/mol. The van der Waals surface area contributed by atoms with Crippen LogP contribution in [-0.2, 0) is 4.89 Å². The summed E-state index contributed by atoms with van der Waals surface area (Å²) in [5.74, 6) is 0. The molecule has 0 saturated carbocycles. The zero-order chi connectivity index (χ0) is 7.28. The number of rotatable bonds is 4. The Bertz CT molecular complexity index is 64.1. The van der Waals surface area contributed by atoms with E-state index in [0.717, 1.165) is 12.6 Å². The van der Waals surface area contributed by atoms with Crippen LogP contribution in [0.5, 0.6) is 0 Å². The smallest absolute Gasteiger partial charge is 0.179 e. The molecule has 0 bridgehead atoms. The van der Waals surface area contributed by atoms with Crippen molar-refractivity contribution in [1.82, 2.24) is 0 Å². The summed E-state index contributed by atoms with van der Waals surface area (Å²) >= 11 is 0. The molecule has 1 N–H and O–H groups in total. The summed E-state index contributed by atoms with van der Waals surface area (Å²) < 4.78 is 0. The minimum Gasteiger partial charge on any atom is -0.252 e. The summed E-state index contributed by atoms with van der Waals surface area (Å²) in [6.45, 7) is 6.58. The fraction of sp³-hybridized carbons (Fsp3) is 1.00. The summed E-state index contributed by atoms with van der Waals surface area (Å²) in [6, 6.07) is -0.0139. The van der Waals surface area contributed by atoms with E-state index in [9.17, 15) is 0 Å². The van der Waals surface area contributed by atoms with Crippen molar-refractivity contribution in [2.24, 2.45) is 0 Å². The van der Waals surface area contributed by atoms with Gasteiger partial charge in [-0.15, -0.1) is 0 Å². The normalized spacial score (nSPS) is 13.3. The molecular formula is C6H15BO2. The van der Waals surface area contributed by atoms with Crippen LogP contribution in [0.15, 0.2) is 0 Å². The Hall–Kier alpha value is -0.0151. The summed E-state index contributed by atoms with van der Waals surface area (Å²) in [5, 5.41) is 8.27. The molecule has 2 nitrogen and oxygen atoms in total. The van der Waals surface area contributed by atoms with Gasteiger partial charge in [0.15, 0.2) is 6.71 Å². The highest BCUT2D eigenvalue weighted by atomic mass is 17.1. The molecule has 0 aliphatic carbocycles. The maximum absolute atomic E-state index is 8.27. The van der Waals surface area contributed by atoms with Crippen molar-refractivity contribution in [1.29, 1.82) is 0 Å². The second-order valence-corrected chi connectivity index (χ2v) is 2.39. The van der Waals surface area contributed by atoms with E-state index in [1.807, 2.05) is 6.92 Å². The van der Waals surface area contributed by atoms with Gasteiger partial charge in [0.05, 0.1) is 6.00 Å². The SMILES string of the molecule is CCB(CC)C(C)OO. The minimum absolute atomic E-state index is 0.0139. The monoisotopic (exact) mass is 130 g/mol. The van der Waals surface area contributed by atoms with Gasteiger partial charge in [0.25, 0.3) is 0 Å². The molecule has 0 rings (SSSR count). The predicted octanol–water partition coefficient (Wildman–Crippen LogP) is 1.94. The van der Waals surface area contributed by atoms with Gasteiger partial charge in [-0.3, -0.25) is 5.26 Å². The van der Waals surface area contributed by atoms with Crippen molar-refractivity contribution >= 4 is 6.71 Å². The zero-order valence-electron chi connectivity index (χ0n) is 6.42. The molecule has 3 heteroatoms. The van der Waals surface area contributed by atoms with Crippen LogP contribution < -0.4 is 0 Å². The third-order valence-electron chi connectivity index (χ3n) is 1.88. The quantitative estimate of drug-likeness (QED) is 0.358. The molecule has 0 radical (unpaired) electrons. The van der Waals surface area contributed by atoms with Gasteiger partial charge >= 0.3 is 0 Å². The average molecular weight is 130 g/mol. The maximum atomic E-state index is 8.27. The summed E-state index contributed by atoms with van der Waals surface area (Å²) in [5.41, 5.74) is 0. The summed E-state index contributed by atoms with van der Waals surface area (Å²) in [4.78, 5) is 4.19. The van der Waals surface area contributed by atoms with E-state index in [-0.39, 0.29) is 6.00 Å². The Kier molecular flexibility index (Phi) is 4.82. The maximum Gasteiger partial charge on any atom is 0.179 e. The second kappa shape index (κ2) is 4.83. The molecule has 0 aromatic carbocycles. The van der Waals surface area contributed by atoms with E-state index in [4.69, 9.17) is 5.26 Å². The van der Waals surface area contributed by atoms with Crippen LogP contribution in [0, 0.1) is 0 Å². The van der Waals surface area contributed by atoms with Crippen LogP contribution in [-0.4, -0.2) is 18.0 Å². The molecular weight excluding hydrogens is 115 g/mol. The number of hydrogen-bond acceptors (Lipinski definition) is 2. The fourth-order valence-corrected chi connectivity index (χ4v) is 1.04. The lowest BCUT2D eigenvalue weighted by Gasteiger charge is -2.13. The number of hydrogen-bond donors (Lipinski definition) is 1. The van der Waals surface area contributed by atoms with Crippen LogP contribution in [0.1, 0.15) is 20.8 Å². The van der Waals surface area contributed by atoms with E-state index in [2.05, 4.69) is 18.7 Å². The highest BCUT2D eigenvalue weighted by molar-refractivity contribution is 6.59. The van der Waals surface area contributed by atoms with Gasteiger partial charge in [0.1, 0.15) is 0 Å². The van der Waals surface area contributed by atoms with Crippen LogP contribution in [0.2, 0.25) is 12.6 Å². The molecule has 0 heterocycles. The minimum atomic E-state index is -0.0139. The van der Waals surface area contributed by atoms with Gasteiger partial charge in [-0.1, -0.05) is 26.5 Å². The molecule has 1 atom stereocenters. The van der Waals surface area contributed by atoms with Crippen molar-refractivity contribution in [3.8, 4) is 0 Å². The Morgan fingerprint density at radius 1 is 1.44 bits per heavy atom. The van der Waals surface area contributed by atoms with Gasteiger partial charge < -0.3 is 0 Å². The standard InChI is InChI=1S/C6H15BO2/c1-4-7(5-2)6(3)9-8/h6,8H,4-5H2,1-3H3. The molecule has 0 fully saturated rings. The van der Waals surface area contributed by atoms with Crippen molar-refractivity contribution < 1.29 is 10.1 Å². The topological polar surface area (TPSA) is 29.5 Å². The van der Waals surface area contributed by atoms with Gasteiger partial charge in [-0.05, 0) is 6.92 Å². The van der Waals surface area contributed by atoms with Crippen molar-refractivity contribution in [2.75, 3.05) is 0 Å². The first-order valence-electron chi connectivity index (χ1n) is 3.56. The Morgan fingerprint density at radius 2 is 1.89 bits per heavy atom. The van der Waals surface area contributed by atoms with Gasteiger partial charge in [-0.2, -0.15) is 0 Å². The Balaban J connectivity index is 3.50. The second-order valence-electron chi connectivity index (χ2n) is 2.39. The largest absolute Gasteiger partial charge is 0.252 e. The van der Waals surface area contributed by atoms with Gasteiger partial charge in [-0.25, -0.2) is 4.89 Å². The first kappa shape index (κ1) is 8.98. The van der Waals surface area contributed by atoms with E-state index >= 15 is 0 Å². The van der Waals surface area contributed by atoms with Crippen LogP contribution in [0.25, 0.3) is 0 Å². The highest BCUT2D eigenvalue weighted by Crippen LogP contribution is 2.05. The van der Waals surface area contributed by atoms with Crippen molar-refractivity contribution in [3.05, 3.63) is 0 Å². The first-order valence-corrected chi connectivity index (χ1v) is 3.56. The van der Waals surface area contributed by atoms with Gasteiger partial charge in [0, 0.05) is 0 Å². The van der Waals surface area contributed by atoms with E-state index in [1.54, 1.807) is 0 Å². The molecule has 0 spiro atoms. The van der Waals surface area contributed by atoms with Crippen LogP contribution in [0.4, 0.5) is 0 Å². The van der Waals surface area contributed by atoms with E-state index in [0.29, 0.717) is 6.71 Å². The Morgan fingerprint density at radius 3 is 2.00 bits per heavy atom. The molecule has 0 aliphatic heterocycles. The molecule has 1 unspecified atom stereocenters. The first-order chi connectivity index (χ1) is 4.26. The van der Waals surface area contributed by atoms with Crippen molar-refractivity contribution in [2.45, 2.75) is 39.4 Å².